The molecule has 5 aromatic rings. The van der Waals surface area contributed by atoms with E-state index in [1.807, 2.05) is 36.4 Å². The van der Waals surface area contributed by atoms with Gasteiger partial charge in [-0.15, -0.1) is 0 Å². The first-order valence-corrected chi connectivity index (χ1v) is 14.9. The van der Waals surface area contributed by atoms with Crippen molar-refractivity contribution in [3.63, 3.8) is 0 Å². The third-order valence-electron chi connectivity index (χ3n) is 8.60. The Morgan fingerprint density at radius 2 is 1.82 bits per heavy atom. The predicted molar refractivity (Wildman–Crippen MR) is 161 cm³/mol. The molecule has 0 amide bonds. The highest BCUT2D eigenvalue weighted by Crippen LogP contribution is 2.48. The van der Waals surface area contributed by atoms with Crippen molar-refractivity contribution in [2.45, 2.75) is 56.8 Å². The van der Waals surface area contributed by atoms with E-state index in [1.54, 1.807) is 36.4 Å². The second kappa shape index (κ2) is 11.7. The van der Waals surface area contributed by atoms with Crippen LogP contribution < -0.4 is 4.74 Å². The van der Waals surface area contributed by atoms with Crippen molar-refractivity contribution in [1.82, 2.24) is 14.5 Å². The highest BCUT2D eigenvalue weighted by molar-refractivity contribution is 5.92. The molecule has 0 bridgehead atoms. The number of fused-ring (bicyclic) bond motifs is 1. The molecule has 3 aromatic carbocycles. The molecule has 7 nitrogen and oxygen atoms in total. The van der Waals surface area contributed by atoms with Crippen molar-refractivity contribution in [1.29, 1.82) is 0 Å². The van der Waals surface area contributed by atoms with Gasteiger partial charge in [-0.2, -0.15) is 0 Å². The first-order chi connectivity index (χ1) is 21.7. The molecule has 0 radical (unpaired) electrons. The second-order valence-electron chi connectivity index (χ2n) is 11.8. The maximum Gasteiger partial charge on any atom is 0.335 e. The van der Waals surface area contributed by atoms with Gasteiger partial charge in [-0.3, -0.25) is 0 Å². The fourth-order valence-corrected chi connectivity index (χ4v) is 5.89. The summed E-state index contributed by atoms with van der Waals surface area (Å²) in [6.45, 7) is 1.30. The molecule has 10 heteroatoms. The largest absolute Gasteiger partial charge is 0.478 e. The molecule has 2 aromatic heterocycles. The van der Waals surface area contributed by atoms with Gasteiger partial charge in [0.05, 0.1) is 34.9 Å². The normalized spacial score (nSPS) is 17.5. The minimum atomic E-state index is -2.65. The van der Waals surface area contributed by atoms with E-state index in [0.29, 0.717) is 35.7 Å². The molecule has 3 heterocycles. The summed E-state index contributed by atoms with van der Waals surface area (Å²) in [7, 11) is 0. The summed E-state index contributed by atoms with van der Waals surface area (Å²) in [5.74, 6) is -3.26. The van der Waals surface area contributed by atoms with Gasteiger partial charge in [0, 0.05) is 43.1 Å². The first-order valence-electron chi connectivity index (χ1n) is 14.9. The van der Waals surface area contributed by atoms with Gasteiger partial charge in [0.2, 0.25) is 11.8 Å². The lowest BCUT2D eigenvalue weighted by atomic mass is 9.76. The van der Waals surface area contributed by atoms with Gasteiger partial charge in [-0.25, -0.2) is 27.9 Å². The number of pyridine rings is 1. The number of rotatable bonds is 10. The summed E-state index contributed by atoms with van der Waals surface area (Å²) in [5.41, 5.74) is 5.24. The molecule has 0 unspecified atom stereocenters. The summed E-state index contributed by atoms with van der Waals surface area (Å²) in [5, 5.41) is 9.49. The number of carboxylic acid groups (broad SMARTS) is 1. The van der Waals surface area contributed by atoms with Gasteiger partial charge in [0.25, 0.3) is 0 Å². The Kier molecular flexibility index (Phi) is 7.53. The number of halogens is 3. The standard InChI is InChI=1S/C35H30F3N3O4/c36-28-15-23(26-17-35(37,38)18-26)8-9-25(28)20-45-33-3-1-2-29(40-33)22-6-4-21(5-7-22)14-32-39-30-11-10-24(34(42)43)16-31(30)41(32)19-27-12-13-44-27/h1-11,15-16,26-27H,12-14,17-20H2,(H,42,43)/t27-/m0/s1. The molecule has 45 heavy (non-hydrogen) atoms. The number of hydrogen-bond donors (Lipinski definition) is 1. The van der Waals surface area contributed by atoms with E-state index >= 15 is 0 Å². The number of aromatic carboxylic acids is 1. The summed E-state index contributed by atoms with van der Waals surface area (Å²) in [6, 6.07) is 22.9. The molecule has 0 spiro atoms. The lowest BCUT2D eigenvalue weighted by Crippen LogP contribution is -2.33. The second-order valence-corrected chi connectivity index (χ2v) is 11.8. The summed E-state index contributed by atoms with van der Waals surface area (Å²) in [6.07, 6.45) is 1.10. The highest BCUT2D eigenvalue weighted by atomic mass is 19.3. The van der Waals surface area contributed by atoms with Crippen LogP contribution in [0, 0.1) is 5.82 Å². The topological polar surface area (TPSA) is 86.5 Å². The predicted octanol–water partition coefficient (Wildman–Crippen LogP) is 7.41. The molecule has 1 saturated heterocycles. The lowest BCUT2D eigenvalue weighted by Gasteiger charge is -2.35. The van der Waals surface area contributed by atoms with Crippen LogP contribution in [-0.4, -0.2) is 44.2 Å². The molecular weight excluding hydrogens is 583 g/mol. The van der Waals surface area contributed by atoms with Gasteiger partial charge in [-0.1, -0.05) is 42.5 Å². The van der Waals surface area contributed by atoms with Crippen LogP contribution in [0.1, 0.15) is 58.1 Å². The van der Waals surface area contributed by atoms with E-state index in [4.69, 9.17) is 14.5 Å². The van der Waals surface area contributed by atoms with Gasteiger partial charge in [-0.05, 0) is 53.8 Å². The zero-order valence-electron chi connectivity index (χ0n) is 24.3. The quantitative estimate of drug-likeness (QED) is 0.177. The zero-order valence-corrected chi connectivity index (χ0v) is 24.3. The number of benzene rings is 3. The van der Waals surface area contributed by atoms with E-state index in [1.165, 1.54) is 6.07 Å². The molecule has 1 atom stereocenters. The Bertz CT molecular complexity index is 1880. The van der Waals surface area contributed by atoms with E-state index in [0.717, 1.165) is 41.0 Å². The molecule has 1 aliphatic carbocycles. The van der Waals surface area contributed by atoms with Crippen molar-refractivity contribution in [3.8, 4) is 17.1 Å². The highest BCUT2D eigenvalue weighted by Gasteiger charge is 2.45. The molecule has 230 valence electrons. The Morgan fingerprint density at radius 1 is 1.02 bits per heavy atom. The average molecular weight is 614 g/mol. The van der Waals surface area contributed by atoms with Crippen LogP contribution in [0.2, 0.25) is 0 Å². The van der Waals surface area contributed by atoms with Gasteiger partial charge in [0.15, 0.2) is 0 Å². The number of carbonyl (C=O) groups is 1. The third-order valence-corrected chi connectivity index (χ3v) is 8.60. The molecule has 1 saturated carbocycles. The van der Waals surface area contributed by atoms with Crippen LogP contribution in [0.5, 0.6) is 5.88 Å². The zero-order chi connectivity index (χ0) is 31.1. The Hall–Kier alpha value is -4.70. The number of carboxylic acids is 1. The maximum absolute atomic E-state index is 14.7. The number of aromatic nitrogens is 3. The summed E-state index contributed by atoms with van der Waals surface area (Å²) < 4.78 is 54.6. The van der Waals surface area contributed by atoms with Crippen LogP contribution in [0.4, 0.5) is 13.2 Å². The van der Waals surface area contributed by atoms with Crippen molar-refractivity contribution in [2.24, 2.45) is 0 Å². The number of hydrogen-bond acceptors (Lipinski definition) is 5. The molecule has 1 N–H and O–H groups in total. The van der Waals surface area contributed by atoms with Crippen molar-refractivity contribution in [2.75, 3.05) is 6.61 Å². The van der Waals surface area contributed by atoms with Crippen LogP contribution in [0.3, 0.4) is 0 Å². The maximum atomic E-state index is 14.7. The molecule has 1 aliphatic heterocycles. The first kappa shape index (κ1) is 29.0. The van der Waals surface area contributed by atoms with Crippen LogP contribution in [-0.2, 0) is 24.3 Å². The Morgan fingerprint density at radius 3 is 2.51 bits per heavy atom. The van der Waals surface area contributed by atoms with Crippen LogP contribution in [0.25, 0.3) is 22.3 Å². The fourth-order valence-electron chi connectivity index (χ4n) is 5.89. The molecule has 7 rings (SSSR count). The van der Waals surface area contributed by atoms with Gasteiger partial charge in [0.1, 0.15) is 18.2 Å². The SMILES string of the molecule is O=C(O)c1ccc2nc(Cc3ccc(-c4cccc(OCc5ccc(C6CC(F)(F)C6)cc5F)n4)cc3)n(C[C@@H]3CCO3)c2c1. The van der Waals surface area contributed by atoms with E-state index in [9.17, 15) is 23.1 Å². The monoisotopic (exact) mass is 613 g/mol. The molecule has 2 fully saturated rings. The number of imidazole rings is 1. The minimum Gasteiger partial charge on any atom is -0.478 e. The fraction of sp³-hybridized carbons (Fsp3) is 0.286. The summed E-state index contributed by atoms with van der Waals surface area (Å²) in [4.78, 5) is 21.0. The Labute approximate surface area is 257 Å². The third kappa shape index (κ3) is 6.15. The van der Waals surface area contributed by atoms with E-state index < -0.39 is 17.7 Å². The number of nitrogens with zero attached hydrogens (tertiary/aromatic N) is 3. The van der Waals surface area contributed by atoms with Gasteiger partial charge >= 0.3 is 5.97 Å². The summed E-state index contributed by atoms with van der Waals surface area (Å²) >= 11 is 0. The average Bonchev–Trinajstić information content (AvgIpc) is 3.33. The molecular formula is C35H30F3N3O4. The molecule has 2 aliphatic rings. The van der Waals surface area contributed by atoms with Gasteiger partial charge < -0.3 is 19.1 Å². The van der Waals surface area contributed by atoms with E-state index in [2.05, 4.69) is 9.55 Å². The van der Waals surface area contributed by atoms with Crippen molar-refractivity contribution < 1.29 is 32.5 Å². The van der Waals surface area contributed by atoms with Crippen LogP contribution >= 0.6 is 0 Å². The smallest absolute Gasteiger partial charge is 0.335 e. The minimum absolute atomic E-state index is 0.0385. The number of ether oxygens (including phenoxy) is 2. The van der Waals surface area contributed by atoms with Crippen molar-refractivity contribution >= 4 is 17.0 Å². The van der Waals surface area contributed by atoms with Crippen molar-refractivity contribution in [3.05, 3.63) is 113 Å². The lowest BCUT2D eigenvalue weighted by molar-refractivity contribution is -0.0868. The number of alkyl halides is 2. The van der Waals surface area contributed by atoms with E-state index in [-0.39, 0.29) is 37.0 Å². The van der Waals surface area contributed by atoms with Crippen LogP contribution in [0.15, 0.2) is 78.9 Å². The Balaban J connectivity index is 1.04.